The van der Waals surface area contributed by atoms with Crippen molar-refractivity contribution in [3.63, 3.8) is 0 Å². The van der Waals surface area contributed by atoms with Crippen LogP contribution in [0.1, 0.15) is 70.8 Å². The summed E-state index contributed by atoms with van der Waals surface area (Å²) in [5.74, 6) is 0.781. The van der Waals surface area contributed by atoms with Crippen molar-refractivity contribution in [2.75, 3.05) is 18.0 Å². The van der Waals surface area contributed by atoms with Crippen molar-refractivity contribution < 1.29 is 18.0 Å². The van der Waals surface area contributed by atoms with E-state index in [2.05, 4.69) is 12.2 Å². The SMILES string of the molecule is C[C@@H]1CCCC[C@H]1NC(=O)C1CCN(S(=O)(=O)c2ccc3c(c2)C[C@@H](C)N3C(=O)C2CC2)CC1. The molecule has 34 heavy (non-hydrogen) atoms. The summed E-state index contributed by atoms with van der Waals surface area (Å²) in [5, 5.41) is 3.24. The van der Waals surface area contributed by atoms with Crippen LogP contribution >= 0.6 is 0 Å². The Morgan fingerprint density at radius 3 is 2.32 bits per heavy atom. The van der Waals surface area contributed by atoms with Gasteiger partial charge in [0, 0.05) is 42.7 Å². The molecule has 5 rings (SSSR count). The molecule has 1 aromatic carbocycles. The number of rotatable bonds is 5. The number of fused-ring (bicyclic) bond motifs is 1. The van der Waals surface area contributed by atoms with E-state index < -0.39 is 10.0 Å². The fourth-order valence-corrected chi connectivity index (χ4v) is 7.49. The molecule has 1 saturated heterocycles. The minimum atomic E-state index is -3.63. The minimum Gasteiger partial charge on any atom is -0.353 e. The van der Waals surface area contributed by atoms with E-state index in [4.69, 9.17) is 0 Å². The van der Waals surface area contributed by atoms with Crippen LogP contribution in [0.15, 0.2) is 23.1 Å². The molecule has 8 heteroatoms. The lowest BCUT2D eigenvalue weighted by molar-refractivity contribution is -0.127. The average Bonchev–Trinajstić information content (AvgIpc) is 3.62. The van der Waals surface area contributed by atoms with Gasteiger partial charge in [-0.2, -0.15) is 4.31 Å². The van der Waals surface area contributed by atoms with E-state index in [1.807, 2.05) is 11.8 Å². The highest BCUT2D eigenvalue weighted by atomic mass is 32.2. The number of hydrogen-bond acceptors (Lipinski definition) is 4. The molecule has 186 valence electrons. The lowest BCUT2D eigenvalue weighted by atomic mass is 9.85. The standard InChI is InChI=1S/C26H37N3O4S/c1-17-5-3-4-6-23(17)27-25(30)19-11-13-28(14-12-19)34(32,33)22-9-10-24-21(16-22)15-18(2)29(24)26(31)20-7-8-20/h9-10,16-20,23H,3-8,11-15H2,1-2H3,(H,27,30)/t17-,18-,23-/m1/s1. The van der Waals surface area contributed by atoms with Gasteiger partial charge in [-0.25, -0.2) is 8.42 Å². The Morgan fingerprint density at radius 1 is 0.941 bits per heavy atom. The van der Waals surface area contributed by atoms with Crippen LogP contribution in [0.25, 0.3) is 0 Å². The molecule has 4 aliphatic rings. The molecular weight excluding hydrogens is 450 g/mol. The quantitative estimate of drug-likeness (QED) is 0.689. The fraction of sp³-hybridized carbons (Fsp3) is 0.692. The van der Waals surface area contributed by atoms with Gasteiger partial charge in [0.05, 0.1) is 4.90 Å². The first kappa shape index (κ1) is 23.8. The number of carbonyl (C=O) groups is 2. The molecule has 0 aromatic heterocycles. The van der Waals surface area contributed by atoms with Crippen LogP contribution in [0.4, 0.5) is 5.69 Å². The van der Waals surface area contributed by atoms with E-state index in [0.29, 0.717) is 38.3 Å². The Labute approximate surface area is 203 Å². The Hall–Kier alpha value is -1.93. The maximum Gasteiger partial charge on any atom is 0.243 e. The third-order valence-corrected chi connectivity index (χ3v) is 10.2. The van der Waals surface area contributed by atoms with Crippen LogP contribution in [0.3, 0.4) is 0 Å². The van der Waals surface area contributed by atoms with Gasteiger partial charge in [0.2, 0.25) is 21.8 Å². The largest absolute Gasteiger partial charge is 0.353 e. The van der Waals surface area contributed by atoms with Crippen molar-refractivity contribution in [2.24, 2.45) is 17.8 Å². The topological polar surface area (TPSA) is 86.8 Å². The first-order valence-corrected chi connectivity index (χ1v) is 14.5. The predicted molar refractivity (Wildman–Crippen MR) is 131 cm³/mol. The van der Waals surface area contributed by atoms with Crippen molar-refractivity contribution >= 4 is 27.5 Å². The molecule has 2 aliphatic carbocycles. The normalized spacial score (nSPS) is 28.5. The molecule has 1 aromatic rings. The van der Waals surface area contributed by atoms with Gasteiger partial charge in [-0.05, 0) is 81.5 Å². The number of sulfonamides is 1. The fourth-order valence-electron chi connectivity index (χ4n) is 5.97. The van der Waals surface area contributed by atoms with E-state index in [9.17, 15) is 18.0 Å². The Bertz CT molecular complexity index is 1060. The lowest BCUT2D eigenvalue weighted by Crippen LogP contribution is -2.47. The molecule has 1 N–H and O–H groups in total. The smallest absolute Gasteiger partial charge is 0.243 e. The molecule has 7 nitrogen and oxygen atoms in total. The first-order valence-electron chi connectivity index (χ1n) is 13.0. The summed E-state index contributed by atoms with van der Waals surface area (Å²) < 4.78 is 28.3. The third-order valence-electron chi connectivity index (χ3n) is 8.33. The van der Waals surface area contributed by atoms with E-state index in [1.165, 1.54) is 10.7 Å². The van der Waals surface area contributed by atoms with Crippen LogP contribution in [-0.4, -0.2) is 49.7 Å². The van der Waals surface area contributed by atoms with Crippen LogP contribution in [0.5, 0.6) is 0 Å². The second-order valence-corrected chi connectivity index (χ2v) is 12.8. The zero-order valence-corrected chi connectivity index (χ0v) is 21.1. The molecular formula is C26H37N3O4S. The number of carbonyl (C=O) groups excluding carboxylic acids is 2. The molecule has 0 spiro atoms. The summed E-state index contributed by atoms with van der Waals surface area (Å²) in [6.45, 7) is 4.96. The highest BCUT2D eigenvalue weighted by Crippen LogP contribution is 2.40. The molecule has 0 unspecified atom stereocenters. The van der Waals surface area contributed by atoms with Crippen molar-refractivity contribution in [1.82, 2.24) is 9.62 Å². The number of nitrogens with one attached hydrogen (secondary N) is 1. The Balaban J connectivity index is 1.23. The maximum absolute atomic E-state index is 13.4. The van der Waals surface area contributed by atoms with Gasteiger partial charge >= 0.3 is 0 Å². The summed E-state index contributed by atoms with van der Waals surface area (Å²) in [6.07, 6.45) is 8.30. The number of piperidine rings is 1. The maximum atomic E-state index is 13.4. The van der Waals surface area contributed by atoms with Crippen LogP contribution in [-0.2, 0) is 26.0 Å². The van der Waals surface area contributed by atoms with Gasteiger partial charge in [0.1, 0.15) is 0 Å². The molecule has 2 heterocycles. The molecule has 3 atom stereocenters. The van der Waals surface area contributed by atoms with E-state index in [0.717, 1.165) is 43.4 Å². The molecule has 2 saturated carbocycles. The molecule has 3 fully saturated rings. The summed E-state index contributed by atoms with van der Waals surface area (Å²) in [4.78, 5) is 27.7. The van der Waals surface area contributed by atoms with Crippen molar-refractivity contribution in [2.45, 2.75) is 88.6 Å². The number of anilines is 1. The lowest BCUT2D eigenvalue weighted by Gasteiger charge is -2.34. The van der Waals surface area contributed by atoms with Crippen molar-refractivity contribution in [3.8, 4) is 0 Å². The Kier molecular flexibility index (Phi) is 6.48. The summed E-state index contributed by atoms with van der Waals surface area (Å²) >= 11 is 0. The average molecular weight is 488 g/mol. The predicted octanol–water partition coefficient (Wildman–Crippen LogP) is 3.47. The highest BCUT2D eigenvalue weighted by molar-refractivity contribution is 7.89. The summed E-state index contributed by atoms with van der Waals surface area (Å²) in [6, 6.07) is 5.51. The van der Waals surface area contributed by atoms with Crippen molar-refractivity contribution in [3.05, 3.63) is 23.8 Å². The monoisotopic (exact) mass is 487 g/mol. The van der Waals surface area contributed by atoms with Gasteiger partial charge in [-0.3, -0.25) is 9.59 Å². The van der Waals surface area contributed by atoms with Gasteiger partial charge < -0.3 is 10.2 Å². The number of hydrogen-bond donors (Lipinski definition) is 1. The second-order valence-electron chi connectivity index (χ2n) is 10.9. The first-order chi connectivity index (χ1) is 16.3. The zero-order valence-electron chi connectivity index (χ0n) is 20.3. The molecule has 2 aliphatic heterocycles. The van der Waals surface area contributed by atoms with Crippen LogP contribution < -0.4 is 10.2 Å². The molecule has 0 radical (unpaired) electrons. The third kappa shape index (κ3) is 4.51. The van der Waals surface area contributed by atoms with Gasteiger partial charge in [-0.1, -0.05) is 19.8 Å². The highest BCUT2D eigenvalue weighted by Gasteiger charge is 2.40. The van der Waals surface area contributed by atoms with Crippen LogP contribution in [0, 0.1) is 17.8 Å². The van der Waals surface area contributed by atoms with E-state index >= 15 is 0 Å². The van der Waals surface area contributed by atoms with Gasteiger partial charge in [0.25, 0.3) is 0 Å². The summed E-state index contributed by atoms with van der Waals surface area (Å²) in [5.41, 5.74) is 1.79. The number of amides is 2. The van der Waals surface area contributed by atoms with E-state index in [1.54, 1.807) is 18.2 Å². The van der Waals surface area contributed by atoms with Gasteiger partial charge in [-0.15, -0.1) is 0 Å². The van der Waals surface area contributed by atoms with Crippen molar-refractivity contribution in [1.29, 1.82) is 0 Å². The molecule has 2 amide bonds. The molecule has 0 bridgehead atoms. The zero-order chi connectivity index (χ0) is 24.0. The number of nitrogens with zero attached hydrogens (tertiary/aromatic N) is 2. The van der Waals surface area contributed by atoms with Crippen LogP contribution in [0.2, 0.25) is 0 Å². The van der Waals surface area contributed by atoms with Gasteiger partial charge in [0.15, 0.2) is 0 Å². The summed E-state index contributed by atoms with van der Waals surface area (Å²) in [7, 11) is -3.63. The Morgan fingerprint density at radius 2 is 1.65 bits per heavy atom. The number of benzene rings is 1. The second kappa shape index (κ2) is 9.26. The minimum absolute atomic E-state index is 0.0576. The van der Waals surface area contributed by atoms with E-state index in [-0.39, 0.29) is 40.6 Å².